The molecule has 0 spiro atoms. The average Bonchev–Trinajstić information content (AvgIpc) is 3.11. The number of hydrogen-bond donors (Lipinski definition) is 0. The highest BCUT2D eigenvalue weighted by atomic mass is 16.5. The minimum Gasteiger partial charge on any atom is -0.489 e. The van der Waals surface area contributed by atoms with Gasteiger partial charge in [-0.3, -0.25) is 4.57 Å². The molecule has 0 N–H and O–H groups in total. The highest BCUT2D eigenvalue weighted by molar-refractivity contribution is 5.96. The van der Waals surface area contributed by atoms with Crippen molar-refractivity contribution in [1.29, 1.82) is 0 Å². The minimum atomic E-state index is -0.362. The summed E-state index contributed by atoms with van der Waals surface area (Å²) in [5, 5.41) is 0.933. The largest absolute Gasteiger partial charge is 0.489 e. The molecule has 5 nitrogen and oxygen atoms in total. The number of hydrogen-bond acceptors (Lipinski definition) is 3. The Bertz CT molecular complexity index is 1090. The van der Waals surface area contributed by atoms with Crippen LogP contribution in [0.5, 0.6) is 5.75 Å². The number of benzene rings is 2. The van der Waals surface area contributed by atoms with Gasteiger partial charge in [0.2, 0.25) is 6.67 Å². The molecule has 148 valence electrons. The van der Waals surface area contributed by atoms with Gasteiger partial charge in [-0.25, -0.2) is 4.79 Å². The number of fused-ring (bicyclic) bond motifs is 1. The first-order valence-electron chi connectivity index (χ1n) is 9.07. The Morgan fingerprint density at radius 1 is 0.966 bits per heavy atom. The van der Waals surface area contributed by atoms with Gasteiger partial charge in [0.05, 0.1) is 12.6 Å². The molecule has 5 heteroatoms. The Morgan fingerprint density at radius 3 is 2.41 bits per heavy atom. The SMILES string of the molecule is C.COC(=O)c1cc2cc(OCc3ccccc3)ccc2n1C[n+]1ccccc1. The lowest BCUT2D eigenvalue weighted by molar-refractivity contribution is -0.701. The van der Waals surface area contributed by atoms with Gasteiger partial charge in [-0.1, -0.05) is 43.8 Å². The second kappa shape index (κ2) is 9.06. The third-order valence-corrected chi connectivity index (χ3v) is 4.60. The van der Waals surface area contributed by atoms with E-state index in [1.165, 1.54) is 7.11 Å². The summed E-state index contributed by atoms with van der Waals surface area (Å²) < 4.78 is 14.9. The number of nitrogens with zero attached hydrogens (tertiary/aromatic N) is 2. The van der Waals surface area contributed by atoms with E-state index >= 15 is 0 Å². The van der Waals surface area contributed by atoms with E-state index in [2.05, 4.69) is 0 Å². The maximum atomic E-state index is 12.3. The fourth-order valence-corrected chi connectivity index (χ4v) is 3.20. The zero-order chi connectivity index (χ0) is 19.3. The van der Waals surface area contributed by atoms with E-state index in [1.807, 2.05) is 94.3 Å². The summed E-state index contributed by atoms with van der Waals surface area (Å²) in [7, 11) is 1.40. The summed E-state index contributed by atoms with van der Waals surface area (Å²) in [6, 6.07) is 23.6. The second-order valence-electron chi connectivity index (χ2n) is 6.48. The molecule has 0 bridgehead atoms. The van der Waals surface area contributed by atoms with E-state index in [1.54, 1.807) is 0 Å². The molecule has 0 aliphatic heterocycles. The maximum absolute atomic E-state index is 12.3. The number of ether oxygens (including phenoxy) is 2. The van der Waals surface area contributed by atoms with Crippen LogP contribution in [0.25, 0.3) is 10.9 Å². The topological polar surface area (TPSA) is 44.3 Å². The number of esters is 1. The number of carbonyl (C=O) groups is 1. The van der Waals surface area contributed by atoms with Crippen LogP contribution in [0.2, 0.25) is 0 Å². The molecule has 29 heavy (non-hydrogen) atoms. The second-order valence-corrected chi connectivity index (χ2v) is 6.48. The minimum absolute atomic E-state index is 0. The Morgan fingerprint density at radius 2 is 1.69 bits per heavy atom. The van der Waals surface area contributed by atoms with Gasteiger partial charge in [0.25, 0.3) is 0 Å². The molecule has 4 rings (SSSR count). The summed E-state index contributed by atoms with van der Waals surface area (Å²) in [4.78, 5) is 12.3. The molecule has 2 heterocycles. The standard InChI is InChI=1S/C23H21N2O3.CH4/c1-27-23(26)22-15-19-14-20(28-16-18-8-4-2-5-9-18)10-11-21(19)25(22)17-24-12-6-3-7-13-24;/h2-15H,16-17H2,1H3;1H4/q+1;. The summed E-state index contributed by atoms with van der Waals surface area (Å²) >= 11 is 0. The van der Waals surface area contributed by atoms with Crippen molar-refractivity contribution < 1.29 is 18.8 Å². The molecule has 0 aliphatic carbocycles. The van der Waals surface area contributed by atoms with Gasteiger partial charge in [-0.05, 0) is 29.8 Å². The van der Waals surface area contributed by atoms with Crippen LogP contribution in [0.15, 0.2) is 85.2 Å². The van der Waals surface area contributed by atoms with Gasteiger partial charge in [-0.15, -0.1) is 0 Å². The van der Waals surface area contributed by atoms with Crippen LogP contribution in [0.3, 0.4) is 0 Å². The van der Waals surface area contributed by atoms with Crippen LogP contribution >= 0.6 is 0 Å². The van der Waals surface area contributed by atoms with Gasteiger partial charge in [0.15, 0.2) is 12.4 Å². The van der Waals surface area contributed by atoms with E-state index in [0.29, 0.717) is 19.0 Å². The summed E-state index contributed by atoms with van der Waals surface area (Å²) in [5.41, 5.74) is 2.56. The third-order valence-electron chi connectivity index (χ3n) is 4.60. The first-order chi connectivity index (χ1) is 13.7. The van der Waals surface area contributed by atoms with Crippen LogP contribution in [-0.4, -0.2) is 17.6 Å². The lowest BCUT2D eigenvalue weighted by Gasteiger charge is -2.08. The summed E-state index contributed by atoms with van der Waals surface area (Å²) in [5.74, 6) is 0.400. The van der Waals surface area contributed by atoms with E-state index in [-0.39, 0.29) is 13.4 Å². The predicted molar refractivity (Wildman–Crippen MR) is 113 cm³/mol. The Hall–Kier alpha value is -3.60. The molecule has 0 saturated carbocycles. The van der Waals surface area contributed by atoms with Crippen molar-refractivity contribution >= 4 is 16.9 Å². The predicted octanol–water partition coefficient (Wildman–Crippen LogP) is 4.44. The van der Waals surface area contributed by atoms with Crippen molar-refractivity contribution in [3.05, 3.63) is 96.4 Å². The quantitative estimate of drug-likeness (QED) is 0.362. The van der Waals surface area contributed by atoms with Crippen molar-refractivity contribution in [2.75, 3.05) is 7.11 Å². The molecule has 0 atom stereocenters. The zero-order valence-corrected chi connectivity index (χ0v) is 15.6. The van der Waals surface area contributed by atoms with Crippen molar-refractivity contribution in [3.8, 4) is 5.75 Å². The molecule has 0 saturated heterocycles. The molecule has 2 aromatic carbocycles. The summed E-state index contributed by atoms with van der Waals surface area (Å²) in [6.07, 6.45) is 3.93. The van der Waals surface area contributed by atoms with Gasteiger partial charge >= 0.3 is 5.97 Å². The highest BCUT2D eigenvalue weighted by Crippen LogP contribution is 2.25. The summed E-state index contributed by atoms with van der Waals surface area (Å²) in [6.45, 7) is 1.01. The fourth-order valence-electron chi connectivity index (χ4n) is 3.20. The third kappa shape index (κ3) is 4.46. The molecular weight excluding hydrogens is 364 g/mol. The Balaban J connectivity index is 0.00000240. The molecule has 0 amide bonds. The number of pyridine rings is 1. The number of methoxy groups -OCH3 is 1. The fraction of sp³-hybridized carbons (Fsp3) is 0.167. The van der Waals surface area contributed by atoms with E-state index in [9.17, 15) is 4.79 Å². The Kier molecular flexibility index (Phi) is 6.29. The first kappa shape index (κ1) is 20.1. The smallest absolute Gasteiger partial charge is 0.354 e. The monoisotopic (exact) mass is 389 g/mol. The van der Waals surface area contributed by atoms with Gasteiger partial charge in [0.1, 0.15) is 18.1 Å². The number of carbonyl (C=O) groups excluding carboxylic acids is 1. The van der Waals surface area contributed by atoms with Crippen molar-refractivity contribution in [1.82, 2.24) is 4.57 Å². The zero-order valence-electron chi connectivity index (χ0n) is 15.6. The molecule has 2 aromatic heterocycles. The number of aromatic nitrogens is 2. The van der Waals surface area contributed by atoms with Crippen molar-refractivity contribution in [2.24, 2.45) is 0 Å². The van der Waals surface area contributed by atoms with Gasteiger partial charge in [0, 0.05) is 17.5 Å². The first-order valence-corrected chi connectivity index (χ1v) is 9.07. The van der Waals surface area contributed by atoms with E-state index in [4.69, 9.17) is 9.47 Å². The molecule has 4 aromatic rings. The Labute approximate surface area is 170 Å². The highest BCUT2D eigenvalue weighted by Gasteiger charge is 2.19. The molecule has 0 unspecified atom stereocenters. The molecule has 0 fully saturated rings. The van der Waals surface area contributed by atoms with Gasteiger partial charge < -0.3 is 9.47 Å². The van der Waals surface area contributed by atoms with Gasteiger partial charge in [-0.2, -0.15) is 4.57 Å². The lowest BCUT2D eigenvalue weighted by Crippen LogP contribution is -2.37. The van der Waals surface area contributed by atoms with E-state index < -0.39 is 0 Å². The molecular formula is C24H25N2O3+. The number of rotatable bonds is 6. The lowest BCUT2D eigenvalue weighted by atomic mass is 10.2. The normalized spacial score (nSPS) is 10.4. The van der Waals surface area contributed by atoms with Crippen LogP contribution in [-0.2, 0) is 18.0 Å². The average molecular weight is 389 g/mol. The maximum Gasteiger partial charge on any atom is 0.354 e. The van der Waals surface area contributed by atoms with Crippen LogP contribution in [0.4, 0.5) is 0 Å². The van der Waals surface area contributed by atoms with Crippen LogP contribution in [0, 0.1) is 0 Å². The van der Waals surface area contributed by atoms with E-state index in [0.717, 1.165) is 22.2 Å². The van der Waals surface area contributed by atoms with Crippen LogP contribution in [0.1, 0.15) is 23.5 Å². The van der Waals surface area contributed by atoms with Crippen molar-refractivity contribution in [3.63, 3.8) is 0 Å². The molecule has 0 radical (unpaired) electrons. The van der Waals surface area contributed by atoms with Crippen molar-refractivity contribution in [2.45, 2.75) is 20.7 Å². The van der Waals surface area contributed by atoms with Crippen LogP contribution < -0.4 is 9.30 Å². The molecule has 0 aliphatic rings.